The van der Waals surface area contributed by atoms with Crippen molar-refractivity contribution in [3.8, 4) is 5.75 Å². The summed E-state index contributed by atoms with van der Waals surface area (Å²) in [5.74, 6) is 0.669. The molecule has 1 unspecified atom stereocenters. The Balaban J connectivity index is 2.63. The van der Waals surface area contributed by atoms with Crippen LogP contribution in [-0.2, 0) is 0 Å². The van der Waals surface area contributed by atoms with E-state index in [1.807, 2.05) is 0 Å². The van der Waals surface area contributed by atoms with Crippen LogP contribution in [0.1, 0.15) is 31.9 Å². The normalized spacial score (nSPS) is 13.2. The van der Waals surface area contributed by atoms with E-state index in [0.717, 1.165) is 12.0 Å². The summed E-state index contributed by atoms with van der Waals surface area (Å²) in [6.07, 6.45) is 0.870. The summed E-state index contributed by atoms with van der Waals surface area (Å²) < 4.78 is 28.1. The molecule has 2 N–H and O–H groups in total. The molecule has 0 radical (unpaired) electrons. The number of benzene rings is 1. The van der Waals surface area contributed by atoms with Crippen LogP contribution in [-0.4, -0.2) is 6.61 Å². The van der Waals surface area contributed by atoms with Gasteiger partial charge in [-0.05, 0) is 30.0 Å². The second-order valence-corrected chi connectivity index (χ2v) is 4.18. The van der Waals surface area contributed by atoms with Crippen molar-refractivity contribution in [2.24, 2.45) is 11.7 Å². The van der Waals surface area contributed by atoms with E-state index < -0.39 is 6.61 Å². The first-order valence-electron chi connectivity index (χ1n) is 5.29. The van der Waals surface area contributed by atoms with E-state index in [1.165, 1.54) is 12.1 Å². The highest BCUT2D eigenvalue weighted by atomic mass is 19.3. The predicted molar refractivity (Wildman–Crippen MR) is 59.5 cm³/mol. The first kappa shape index (κ1) is 12.9. The highest BCUT2D eigenvalue weighted by Crippen LogP contribution is 2.22. The molecule has 0 saturated carbocycles. The number of rotatable bonds is 5. The summed E-state index contributed by atoms with van der Waals surface area (Å²) >= 11 is 0. The van der Waals surface area contributed by atoms with E-state index in [4.69, 9.17) is 5.73 Å². The molecule has 1 atom stereocenters. The minimum atomic E-state index is -2.78. The van der Waals surface area contributed by atoms with Crippen molar-refractivity contribution >= 4 is 0 Å². The van der Waals surface area contributed by atoms with Crippen LogP contribution in [0.3, 0.4) is 0 Å². The van der Waals surface area contributed by atoms with Gasteiger partial charge in [0.1, 0.15) is 5.75 Å². The van der Waals surface area contributed by atoms with E-state index in [0.29, 0.717) is 5.92 Å². The quantitative estimate of drug-likeness (QED) is 0.840. The Kier molecular flexibility index (Phi) is 4.68. The van der Waals surface area contributed by atoms with E-state index in [2.05, 4.69) is 18.6 Å². The van der Waals surface area contributed by atoms with Crippen molar-refractivity contribution in [3.05, 3.63) is 29.8 Å². The van der Waals surface area contributed by atoms with Crippen molar-refractivity contribution in [3.63, 3.8) is 0 Å². The van der Waals surface area contributed by atoms with Crippen molar-refractivity contribution in [1.29, 1.82) is 0 Å². The third-order valence-corrected chi connectivity index (χ3v) is 2.26. The fourth-order valence-electron chi connectivity index (χ4n) is 1.54. The molecule has 16 heavy (non-hydrogen) atoms. The lowest BCUT2D eigenvalue weighted by molar-refractivity contribution is -0.0498. The van der Waals surface area contributed by atoms with Crippen LogP contribution in [0.4, 0.5) is 8.78 Å². The SMILES string of the molecule is CC(C)CC(N)c1ccc(OC(F)F)cc1. The van der Waals surface area contributed by atoms with Gasteiger partial charge >= 0.3 is 6.61 Å². The van der Waals surface area contributed by atoms with Gasteiger partial charge in [-0.3, -0.25) is 0 Å². The average molecular weight is 229 g/mol. The molecule has 0 bridgehead atoms. The summed E-state index contributed by atoms with van der Waals surface area (Å²) in [7, 11) is 0. The zero-order valence-electron chi connectivity index (χ0n) is 9.49. The molecular weight excluding hydrogens is 212 g/mol. The van der Waals surface area contributed by atoms with Crippen LogP contribution in [0.25, 0.3) is 0 Å². The van der Waals surface area contributed by atoms with Gasteiger partial charge in [-0.2, -0.15) is 8.78 Å². The molecule has 90 valence electrons. The Morgan fingerprint density at radius 3 is 2.19 bits per heavy atom. The van der Waals surface area contributed by atoms with Gasteiger partial charge < -0.3 is 10.5 Å². The van der Waals surface area contributed by atoms with Gasteiger partial charge in [-0.1, -0.05) is 26.0 Å². The summed E-state index contributed by atoms with van der Waals surface area (Å²) in [6.45, 7) is 1.40. The number of alkyl halides is 2. The van der Waals surface area contributed by atoms with Crippen molar-refractivity contribution in [2.75, 3.05) is 0 Å². The first-order valence-corrected chi connectivity index (χ1v) is 5.29. The number of halogens is 2. The highest BCUT2D eigenvalue weighted by molar-refractivity contribution is 5.29. The van der Waals surface area contributed by atoms with E-state index in [-0.39, 0.29) is 11.8 Å². The lowest BCUT2D eigenvalue weighted by Crippen LogP contribution is -2.12. The lowest BCUT2D eigenvalue weighted by atomic mass is 9.98. The Morgan fingerprint density at radius 2 is 1.75 bits per heavy atom. The van der Waals surface area contributed by atoms with Crippen LogP contribution in [0, 0.1) is 5.92 Å². The fraction of sp³-hybridized carbons (Fsp3) is 0.500. The molecule has 0 heterocycles. The average Bonchev–Trinajstić information content (AvgIpc) is 2.16. The highest BCUT2D eigenvalue weighted by Gasteiger charge is 2.09. The molecule has 0 amide bonds. The molecule has 4 heteroatoms. The maximum atomic E-state index is 11.9. The molecule has 0 spiro atoms. The summed E-state index contributed by atoms with van der Waals surface area (Å²) in [5.41, 5.74) is 6.90. The molecular formula is C12H17F2NO. The van der Waals surface area contributed by atoms with Crippen molar-refractivity contribution in [2.45, 2.75) is 32.9 Å². The molecule has 1 aromatic carbocycles. The van der Waals surface area contributed by atoms with Crippen LogP contribution >= 0.6 is 0 Å². The smallest absolute Gasteiger partial charge is 0.387 e. The summed E-state index contributed by atoms with van der Waals surface area (Å²) in [6, 6.07) is 6.43. The molecule has 0 saturated heterocycles. The zero-order chi connectivity index (χ0) is 12.1. The maximum Gasteiger partial charge on any atom is 0.387 e. The predicted octanol–water partition coefficient (Wildman–Crippen LogP) is 3.33. The Morgan fingerprint density at radius 1 is 1.19 bits per heavy atom. The standard InChI is InChI=1S/C12H17F2NO/c1-8(2)7-11(15)9-3-5-10(6-4-9)16-12(13)14/h3-6,8,11-12H,7,15H2,1-2H3. The fourth-order valence-corrected chi connectivity index (χ4v) is 1.54. The number of hydrogen-bond acceptors (Lipinski definition) is 2. The largest absolute Gasteiger partial charge is 0.435 e. The third-order valence-electron chi connectivity index (χ3n) is 2.26. The minimum Gasteiger partial charge on any atom is -0.435 e. The number of ether oxygens (including phenoxy) is 1. The summed E-state index contributed by atoms with van der Waals surface area (Å²) in [5, 5.41) is 0. The molecule has 0 aliphatic carbocycles. The van der Waals surface area contributed by atoms with Crippen molar-refractivity contribution in [1.82, 2.24) is 0 Å². The molecule has 1 aromatic rings. The van der Waals surface area contributed by atoms with Crippen molar-refractivity contribution < 1.29 is 13.5 Å². The van der Waals surface area contributed by atoms with Gasteiger partial charge in [0.25, 0.3) is 0 Å². The van der Waals surface area contributed by atoms with Gasteiger partial charge in [-0.15, -0.1) is 0 Å². The van der Waals surface area contributed by atoms with Gasteiger partial charge in [0.2, 0.25) is 0 Å². The van der Waals surface area contributed by atoms with E-state index in [9.17, 15) is 8.78 Å². The Bertz CT molecular complexity index is 311. The minimum absolute atomic E-state index is 0.0550. The lowest BCUT2D eigenvalue weighted by Gasteiger charge is -2.14. The van der Waals surface area contributed by atoms with Crippen LogP contribution < -0.4 is 10.5 Å². The second-order valence-electron chi connectivity index (χ2n) is 4.18. The first-order chi connectivity index (χ1) is 7.49. The Labute approximate surface area is 94.4 Å². The number of hydrogen-bond donors (Lipinski definition) is 1. The Hall–Kier alpha value is -1.16. The monoisotopic (exact) mass is 229 g/mol. The molecule has 0 aliphatic heterocycles. The number of nitrogens with two attached hydrogens (primary N) is 1. The van der Waals surface area contributed by atoms with Crippen LogP contribution in [0.5, 0.6) is 5.75 Å². The molecule has 0 aromatic heterocycles. The van der Waals surface area contributed by atoms with Crippen LogP contribution in [0.2, 0.25) is 0 Å². The topological polar surface area (TPSA) is 35.2 Å². The van der Waals surface area contributed by atoms with Crippen LogP contribution in [0.15, 0.2) is 24.3 Å². The molecule has 2 nitrogen and oxygen atoms in total. The zero-order valence-corrected chi connectivity index (χ0v) is 9.49. The maximum absolute atomic E-state index is 11.9. The van der Waals surface area contributed by atoms with Gasteiger partial charge in [-0.25, -0.2) is 0 Å². The van der Waals surface area contributed by atoms with Gasteiger partial charge in [0.05, 0.1) is 0 Å². The molecule has 1 rings (SSSR count). The van der Waals surface area contributed by atoms with Gasteiger partial charge in [0.15, 0.2) is 0 Å². The molecule has 0 aliphatic rings. The van der Waals surface area contributed by atoms with E-state index >= 15 is 0 Å². The van der Waals surface area contributed by atoms with E-state index in [1.54, 1.807) is 12.1 Å². The molecule has 0 fully saturated rings. The van der Waals surface area contributed by atoms with Gasteiger partial charge in [0, 0.05) is 6.04 Å². The third kappa shape index (κ3) is 4.14. The second kappa shape index (κ2) is 5.80. The summed E-state index contributed by atoms with van der Waals surface area (Å²) in [4.78, 5) is 0.